The molecule has 0 saturated carbocycles. The number of hydrogen-bond acceptors (Lipinski definition) is 4. The summed E-state index contributed by atoms with van der Waals surface area (Å²) in [5.41, 5.74) is 2.15. The lowest BCUT2D eigenvalue weighted by molar-refractivity contribution is 0.901. The topological polar surface area (TPSA) is 29.7 Å². The van der Waals surface area contributed by atoms with E-state index in [1.165, 1.54) is 0 Å². The predicted octanol–water partition coefficient (Wildman–Crippen LogP) is 3.00. The Morgan fingerprint density at radius 3 is 3.27 bits per heavy atom. The molecule has 2 heterocycles. The molecule has 0 fully saturated rings. The van der Waals surface area contributed by atoms with Crippen LogP contribution in [0.5, 0.6) is 0 Å². The summed E-state index contributed by atoms with van der Waals surface area (Å²) in [5, 5.41) is 4.96. The number of hydrogen-bond donors (Lipinski definition) is 0. The fraction of sp³-hybridized carbons (Fsp3) is 0.333. The monoisotopic (exact) mass is 257 g/mol. The van der Waals surface area contributed by atoms with Crippen LogP contribution in [0.1, 0.15) is 11.4 Å². The van der Waals surface area contributed by atoms with Crippen molar-refractivity contribution < 1.29 is 0 Å². The zero-order valence-corrected chi connectivity index (χ0v) is 10.4. The van der Waals surface area contributed by atoms with Crippen molar-refractivity contribution in [2.24, 2.45) is 4.99 Å². The smallest absolute Gasteiger partial charge is 0.195 e. The van der Waals surface area contributed by atoms with Crippen molar-refractivity contribution in [3.8, 4) is 0 Å². The van der Waals surface area contributed by atoms with E-state index < -0.39 is 0 Å². The third-order valence-corrected chi connectivity index (χ3v) is 3.48. The minimum absolute atomic E-state index is 0.560. The highest BCUT2D eigenvalue weighted by Gasteiger charge is 2.12. The van der Waals surface area contributed by atoms with Gasteiger partial charge in [0.05, 0.1) is 17.4 Å². The lowest BCUT2D eigenvalue weighted by atomic mass is 10.3. The van der Waals surface area contributed by atoms with Crippen LogP contribution in [-0.2, 0) is 6.42 Å². The lowest BCUT2D eigenvalue weighted by Gasteiger charge is -1.98. The number of imidazole rings is 1. The minimum atomic E-state index is 0.560. The molecule has 15 heavy (non-hydrogen) atoms. The number of thiazole rings is 1. The van der Waals surface area contributed by atoms with Gasteiger partial charge in [-0.15, -0.1) is 11.3 Å². The summed E-state index contributed by atoms with van der Waals surface area (Å²) in [6, 6.07) is 0. The van der Waals surface area contributed by atoms with E-state index in [2.05, 4.69) is 37.1 Å². The highest BCUT2D eigenvalue weighted by Crippen LogP contribution is 2.24. The van der Waals surface area contributed by atoms with Crippen LogP contribution in [0, 0.1) is 6.92 Å². The second-order valence-corrected chi connectivity index (χ2v) is 4.44. The Labute approximate surface area is 101 Å². The van der Waals surface area contributed by atoms with Crippen LogP contribution in [0.4, 0.5) is 0 Å². The van der Waals surface area contributed by atoms with Gasteiger partial charge in [-0.2, -0.15) is 0 Å². The first-order valence-corrected chi connectivity index (χ1v) is 6.05. The van der Waals surface area contributed by atoms with E-state index in [4.69, 9.17) is 11.6 Å². The summed E-state index contributed by atoms with van der Waals surface area (Å²) in [5.74, 6) is 0. The Kier molecular flexibility index (Phi) is 3.17. The first kappa shape index (κ1) is 10.8. The summed E-state index contributed by atoms with van der Waals surface area (Å²) in [6.45, 7) is 2.64. The number of halogens is 1. The SMILES string of the molecule is Cc1csc2nc(Cl)c(CCN=C=S)n12. The second-order valence-electron chi connectivity index (χ2n) is 3.07. The van der Waals surface area contributed by atoms with Crippen LogP contribution in [-0.4, -0.2) is 21.1 Å². The van der Waals surface area contributed by atoms with Crippen molar-refractivity contribution in [2.45, 2.75) is 13.3 Å². The Bertz CT molecular complexity index is 537. The summed E-state index contributed by atoms with van der Waals surface area (Å²) in [4.78, 5) is 9.08. The number of nitrogens with zero attached hydrogens (tertiary/aromatic N) is 3. The normalized spacial score (nSPS) is 10.5. The zero-order valence-electron chi connectivity index (χ0n) is 8.03. The fourth-order valence-corrected chi connectivity index (χ4v) is 2.75. The van der Waals surface area contributed by atoms with Crippen molar-refractivity contribution in [3.63, 3.8) is 0 Å². The molecule has 0 aliphatic carbocycles. The second kappa shape index (κ2) is 4.41. The Morgan fingerprint density at radius 1 is 1.73 bits per heavy atom. The van der Waals surface area contributed by atoms with Crippen molar-refractivity contribution >= 4 is 45.3 Å². The minimum Gasteiger partial charge on any atom is -0.290 e. The maximum atomic E-state index is 6.05. The maximum Gasteiger partial charge on any atom is 0.195 e. The van der Waals surface area contributed by atoms with Gasteiger partial charge in [0.25, 0.3) is 0 Å². The van der Waals surface area contributed by atoms with Gasteiger partial charge in [0, 0.05) is 17.5 Å². The number of fused-ring (bicyclic) bond motifs is 1. The van der Waals surface area contributed by atoms with E-state index in [1.807, 2.05) is 6.92 Å². The molecule has 0 bridgehead atoms. The first-order chi connectivity index (χ1) is 7.24. The van der Waals surface area contributed by atoms with Gasteiger partial charge in [-0.05, 0) is 19.1 Å². The van der Waals surface area contributed by atoms with Crippen LogP contribution >= 0.6 is 35.2 Å². The third-order valence-electron chi connectivity index (χ3n) is 2.11. The quantitative estimate of drug-likeness (QED) is 0.625. The number of aryl methyl sites for hydroxylation is 1. The molecule has 2 rings (SSSR count). The third kappa shape index (κ3) is 1.96. The molecule has 0 spiro atoms. The lowest BCUT2D eigenvalue weighted by Crippen LogP contribution is -1.96. The molecule has 2 aromatic rings. The van der Waals surface area contributed by atoms with E-state index in [-0.39, 0.29) is 0 Å². The average Bonchev–Trinajstić information content (AvgIpc) is 2.70. The highest BCUT2D eigenvalue weighted by atomic mass is 35.5. The number of aliphatic imine (C=N–C) groups is 1. The highest BCUT2D eigenvalue weighted by molar-refractivity contribution is 7.78. The number of isothiocyanates is 1. The van der Waals surface area contributed by atoms with E-state index in [9.17, 15) is 0 Å². The van der Waals surface area contributed by atoms with E-state index >= 15 is 0 Å². The van der Waals surface area contributed by atoms with Crippen LogP contribution in [0.3, 0.4) is 0 Å². The van der Waals surface area contributed by atoms with Crippen molar-refractivity contribution in [2.75, 3.05) is 6.54 Å². The van der Waals surface area contributed by atoms with Crippen LogP contribution in [0.15, 0.2) is 10.4 Å². The standard InChI is InChI=1S/C9H8ClN3S2/c1-6-4-15-9-12-8(10)7(13(6)9)2-3-11-5-14/h4H,2-3H2,1H3. The van der Waals surface area contributed by atoms with Gasteiger partial charge < -0.3 is 0 Å². The van der Waals surface area contributed by atoms with Crippen molar-refractivity contribution in [1.82, 2.24) is 9.38 Å². The zero-order chi connectivity index (χ0) is 10.8. The van der Waals surface area contributed by atoms with E-state index in [0.717, 1.165) is 22.8 Å². The molecule has 0 amide bonds. The molecule has 0 atom stereocenters. The maximum absolute atomic E-state index is 6.05. The van der Waals surface area contributed by atoms with E-state index in [1.54, 1.807) is 11.3 Å². The van der Waals surface area contributed by atoms with Crippen molar-refractivity contribution in [3.05, 3.63) is 21.9 Å². The molecule has 0 aliphatic rings. The molecule has 0 aromatic carbocycles. The molecule has 0 unspecified atom stereocenters. The molecule has 0 saturated heterocycles. The average molecular weight is 258 g/mol. The summed E-state index contributed by atoms with van der Waals surface area (Å²) >= 11 is 12.1. The summed E-state index contributed by atoms with van der Waals surface area (Å²) < 4.78 is 2.06. The number of aromatic nitrogens is 2. The fourth-order valence-electron chi connectivity index (χ4n) is 1.46. The number of rotatable bonds is 3. The largest absolute Gasteiger partial charge is 0.290 e. The van der Waals surface area contributed by atoms with Gasteiger partial charge in [-0.3, -0.25) is 4.40 Å². The molecular weight excluding hydrogens is 250 g/mol. The molecular formula is C9H8ClN3S2. The van der Waals surface area contributed by atoms with Gasteiger partial charge in [-0.25, -0.2) is 9.98 Å². The predicted molar refractivity (Wildman–Crippen MR) is 66.4 cm³/mol. The number of thiocarbonyl (C=S) groups is 1. The molecule has 78 valence electrons. The van der Waals surface area contributed by atoms with Crippen LogP contribution in [0.2, 0.25) is 5.15 Å². The van der Waals surface area contributed by atoms with Crippen LogP contribution < -0.4 is 0 Å². The molecule has 2 aromatic heterocycles. The molecule has 6 heteroatoms. The van der Waals surface area contributed by atoms with Gasteiger partial charge in [0.2, 0.25) is 0 Å². The first-order valence-electron chi connectivity index (χ1n) is 4.38. The van der Waals surface area contributed by atoms with Gasteiger partial charge in [0.15, 0.2) is 10.1 Å². The molecule has 0 aliphatic heterocycles. The molecule has 0 N–H and O–H groups in total. The van der Waals surface area contributed by atoms with Gasteiger partial charge in [-0.1, -0.05) is 11.6 Å². The Morgan fingerprint density at radius 2 is 2.53 bits per heavy atom. The van der Waals surface area contributed by atoms with E-state index in [0.29, 0.717) is 11.7 Å². The van der Waals surface area contributed by atoms with Crippen molar-refractivity contribution in [1.29, 1.82) is 0 Å². The van der Waals surface area contributed by atoms with Crippen LogP contribution in [0.25, 0.3) is 4.96 Å². The molecule has 3 nitrogen and oxygen atoms in total. The summed E-state index contributed by atoms with van der Waals surface area (Å²) in [6.07, 6.45) is 0.737. The van der Waals surface area contributed by atoms with Gasteiger partial charge in [0.1, 0.15) is 0 Å². The summed E-state index contributed by atoms with van der Waals surface area (Å²) in [7, 11) is 0. The Balaban J connectivity index is 2.42. The Hall–Kier alpha value is -0.740. The van der Waals surface area contributed by atoms with Gasteiger partial charge >= 0.3 is 0 Å². The molecule has 0 radical (unpaired) electrons.